The number of anilines is 4. The van der Waals surface area contributed by atoms with E-state index < -0.39 is 0 Å². The molecule has 1 saturated carbocycles. The molecule has 3 aliphatic heterocycles. The second kappa shape index (κ2) is 10.5. The Morgan fingerprint density at radius 3 is 2.43 bits per heavy atom. The van der Waals surface area contributed by atoms with Gasteiger partial charge in [-0.05, 0) is 63.9 Å². The number of carbonyl (C=O) groups is 1. The molecule has 2 saturated heterocycles. The minimum atomic E-state index is 0.111. The number of rotatable bonds is 6. The van der Waals surface area contributed by atoms with Gasteiger partial charge < -0.3 is 20.4 Å². The lowest BCUT2D eigenvalue weighted by Gasteiger charge is -2.41. The molecule has 9 nitrogen and oxygen atoms in total. The lowest BCUT2D eigenvalue weighted by Crippen LogP contribution is -2.55. The van der Waals surface area contributed by atoms with Crippen LogP contribution in [0.2, 0.25) is 0 Å². The van der Waals surface area contributed by atoms with Gasteiger partial charge >= 0.3 is 6.03 Å². The molecule has 4 heterocycles. The molecule has 1 aromatic heterocycles. The van der Waals surface area contributed by atoms with Crippen LogP contribution < -0.4 is 20.4 Å². The van der Waals surface area contributed by atoms with Crippen molar-refractivity contribution in [3.63, 3.8) is 0 Å². The van der Waals surface area contributed by atoms with Crippen molar-refractivity contribution >= 4 is 29.2 Å². The zero-order valence-electron chi connectivity index (χ0n) is 22.2. The molecule has 0 spiro atoms. The van der Waals surface area contributed by atoms with Gasteiger partial charge in [-0.3, -0.25) is 9.80 Å². The summed E-state index contributed by atoms with van der Waals surface area (Å²) in [5, 5.41) is 6.80. The van der Waals surface area contributed by atoms with Crippen LogP contribution >= 0.6 is 0 Å². The number of nitrogens with one attached hydrogen (secondary N) is 2. The molecule has 1 aliphatic carbocycles. The summed E-state index contributed by atoms with van der Waals surface area (Å²) < 4.78 is 0. The number of aromatic nitrogens is 2. The van der Waals surface area contributed by atoms with Crippen LogP contribution in [-0.2, 0) is 6.54 Å². The highest BCUT2D eigenvalue weighted by Crippen LogP contribution is 2.36. The summed E-state index contributed by atoms with van der Waals surface area (Å²) in [6.07, 6.45) is 7.34. The Morgan fingerprint density at radius 1 is 1.00 bits per heavy atom. The molecular formula is C28H40N8O. The molecule has 3 fully saturated rings. The van der Waals surface area contributed by atoms with Gasteiger partial charge in [0.05, 0.1) is 6.54 Å². The summed E-state index contributed by atoms with van der Waals surface area (Å²) in [6.45, 7) is 11.3. The maximum Gasteiger partial charge on any atom is 0.326 e. The Morgan fingerprint density at radius 2 is 1.76 bits per heavy atom. The molecule has 1 aromatic carbocycles. The summed E-state index contributed by atoms with van der Waals surface area (Å²) in [5.74, 6) is 1.33. The van der Waals surface area contributed by atoms with Crippen LogP contribution in [0.1, 0.15) is 51.5 Å². The molecule has 9 heteroatoms. The number of hydrogen-bond acceptors (Lipinski definition) is 7. The minimum absolute atomic E-state index is 0.111. The quantitative estimate of drug-likeness (QED) is 0.620. The second-order valence-corrected chi connectivity index (χ2v) is 11.2. The van der Waals surface area contributed by atoms with E-state index >= 15 is 0 Å². The van der Waals surface area contributed by atoms with Crippen LogP contribution in [0.3, 0.4) is 0 Å². The van der Waals surface area contributed by atoms with Crippen LogP contribution in [0, 0.1) is 0 Å². The lowest BCUT2D eigenvalue weighted by atomic mass is 10.1. The number of piperazine rings is 1. The van der Waals surface area contributed by atoms with Gasteiger partial charge in [-0.15, -0.1) is 0 Å². The topological polar surface area (TPSA) is 79.9 Å². The summed E-state index contributed by atoms with van der Waals surface area (Å²) in [5.41, 5.74) is 3.25. The molecular weight excluding hydrogens is 464 g/mol. The highest BCUT2D eigenvalue weighted by Gasteiger charge is 2.40. The van der Waals surface area contributed by atoms with Crippen molar-refractivity contribution in [1.29, 1.82) is 0 Å². The first-order valence-electron chi connectivity index (χ1n) is 14.1. The van der Waals surface area contributed by atoms with E-state index in [9.17, 15) is 4.79 Å². The van der Waals surface area contributed by atoms with Crippen molar-refractivity contribution in [1.82, 2.24) is 25.1 Å². The molecule has 0 radical (unpaired) electrons. The van der Waals surface area contributed by atoms with E-state index in [1.54, 1.807) is 0 Å². The Bertz CT molecular complexity index is 1090. The largest absolute Gasteiger partial charge is 0.369 e. The fraction of sp³-hybridized carbons (Fsp3) is 0.607. The minimum Gasteiger partial charge on any atom is -0.369 e. The fourth-order valence-corrected chi connectivity index (χ4v) is 6.32. The van der Waals surface area contributed by atoms with E-state index in [0.29, 0.717) is 18.5 Å². The Kier molecular flexibility index (Phi) is 6.90. The maximum absolute atomic E-state index is 13.7. The van der Waals surface area contributed by atoms with Gasteiger partial charge in [0.15, 0.2) is 0 Å². The molecule has 198 valence electrons. The lowest BCUT2D eigenvalue weighted by molar-refractivity contribution is 0.174. The van der Waals surface area contributed by atoms with Crippen LogP contribution in [0.4, 0.5) is 27.9 Å². The monoisotopic (exact) mass is 504 g/mol. The van der Waals surface area contributed by atoms with Crippen LogP contribution in [0.15, 0.2) is 30.5 Å². The van der Waals surface area contributed by atoms with Crippen molar-refractivity contribution in [3.8, 4) is 0 Å². The van der Waals surface area contributed by atoms with E-state index in [4.69, 9.17) is 4.98 Å². The van der Waals surface area contributed by atoms with E-state index in [0.717, 1.165) is 75.6 Å². The first-order chi connectivity index (χ1) is 18.1. The van der Waals surface area contributed by atoms with Crippen LogP contribution in [0.5, 0.6) is 0 Å². The average Bonchev–Trinajstić information content (AvgIpc) is 3.64. The van der Waals surface area contributed by atoms with E-state index in [2.05, 4.69) is 63.5 Å². The summed E-state index contributed by atoms with van der Waals surface area (Å²) in [4.78, 5) is 32.3. The van der Waals surface area contributed by atoms with E-state index in [-0.39, 0.29) is 18.1 Å². The third kappa shape index (κ3) is 4.99. The van der Waals surface area contributed by atoms with Crippen molar-refractivity contribution in [2.75, 3.05) is 54.4 Å². The van der Waals surface area contributed by atoms with E-state index in [1.165, 1.54) is 18.5 Å². The number of urea groups is 1. The molecule has 6 rings (SSSR count). The van der Waals surface area contributed by atoms with Gasteiger partial charge in [0.2, 0.25) is 5.95 Å². The standard InChI is InChI=1S/C28H40N8O/c1-20(2)33-13-15-34(16-14-33)23-9-7-22(8-10-23)31-27-30-17-21-19-35(25-11-12-29-18-25)28(37)36(26(21)32-27)24-5-3-4-6-24/h7-10,17,20,24-25,29H,3-6,11-16,18-19H2,1-2H3,(H,30,31,32). The molecule has 37 heavy (non-hydrogen) atoms. The second-order valence-electron chi connectivity index (χ2n) is 11.2. The number of fused-ring (bicyclic) bond motifs is 1. The third-order valence-corrected chi connectivity index (χ3v) is 8.56. The number of nitrogens with zero attached hydrogens (tertiary/aromatic N) is 6. The molecule has 4 aliphatic rings. The predicted octanol–water partition coefficient (Wildman–Crippen LogP) is 3.80. The number of carbonyl (C=O) groups excluding carboxylic acids is 1. The predicted molar refractivity (Wildman–Crippen MR) is 148 cm³/mol. The number of amides is 2. The highest BCUT2D eigenvalue weighted by molar-refractivity contribution is 5.94. The van der Waals surface area contributed by atoms with Gasteiger partial charge in [0, 0.05) is 74.0 Å². The molecule has 0 bridgehead atoms. The number of benzene rings is 1. The summed E-state index contributed by atoms with van der Waals surface area (Å²) >= 11 is 0. The zero-order chi connectivity index (χ0) is 25.4. The molecule has 2 N–H and O–H groups in total. The van der Waals surface area contributed by atoms with Crippen LogP contribution in [-0.4, -0.2) is 83.2 Å². The summed E-state index contributed by atoms with van der Waals surface area (Å²) in [6, 6.07) is 9.73. The van der Waals surface area contributed by atoms with Gasteiger partial charge in [0.1, 0.15) is 5.82 Å². The van der Waals surface area contributed by atoms with Gasteiger partial charge in [0.25, 0.3) is 0 Å². The van der Waals surface area contributed by atoms with Gasteiger partial charge in [-0.2, -0.15) is 4.98 Å². The normalized spacial score (nSPS) is 23.3. The first-order valence-corrected chi connectivity index (χ1v) is 14.1. The SMILES string of the molecule is CC(C)N1CCN(c2ccc(Nc3ncc4c(n3)N(C3CCCC3)C(=O)N(C3CCNC3)C4)cc2)CC1. The third-order valence-electron chi connectivity index (χ3n) is 8.56. The first kappa shape index (κ1) is 24.4. The number of hydrogen-bond donors (Lipinski definition) is 2. The van der Waals surface area contributed by atoms with E-state index in [1.807, 2.05) is 16.0 Å². The van der Waals surface area contributed by atoms with Crippen molar-refractivity contribution in [3.05, 3.63) is 36.0 Å². The fourth-order valence-electron chi connectivity index (χ4n) is 6.32. The Hall–Kier alpha value is -2.91. The molecule has 1 unspecified atom stereocenters. The average molecular weight is 505 g/mol. The Labute approximate surface area is 220 Å². The van der Waals surface area contributed by atoms with Crippen molar-refractivity contribution < 1.29 is 4.79 Å². The van der Waals surface area contributed by atoms with Gasteiger partial charge in [-0.25, -0.2) is 9.78 Å². The van der Waals surface area contributed by atoms with Crippen molar-refractivity contribution in [2.24, 2.45) is 0 Å². The zero-order valence-corrected chi connectivity index (χ0v) is 22.2. The Balaban J connectivity index is 1.18. The maximum atomic E-state index is 13.7. The summed E-state index contributed by atoms with van der Waals surface area (Å²) in [7, 11) is 0. The highest BCUT2D eigenvalue weighted by atomic mass is 16.2. The van der Waals surface area contributed by atoms with Crippen LogP contribution in [0.25, 0.3) is 0 Å². The van der Waals surface area contributed by atoms with Gasteiger partial charge in [-0.1, -0.05) is 12.8 Å². The smallest absolute Gasteiger partial charge is 0.326 e. The van der Waals surface area contributed by atoms with Crippen molar-refractivity contribution in [2.45, 2.75) is 70.6 Å². The molecule has 2 amide bonds. The molecule has 2 aromatic rings. The molecule has 1 atom stereocenters.